The minimum atomic E-state index is -4.23. The van der Waals surface area contributed by atoms with Crippen LogP contribution in [0.3, 0.4) is 0 Å². The standard InChI is InChI=1S/C22H19BrN4O3S2/c1-17-7-11-21(12-8-17)32(29,30)26-31(28,20-13-9-19(23)10-14-20)22-16-27(25-24-22)15-18-5-3-2-4-6-18/h2-14,16H,15H2,1H3. The molecule has 1 atom stereocenters. The molecule has 3 aromatic carbocycles. The van der Waals surface area contributed by atoms with Gasteiger partial charge in [0.15, 0.2) is 5.03 Å². The van der Waals surface area contributed by atoms with E-state index in [1.54, 1.807) is 36.4 Å². The molecule has 0 N–H and O–H groups in total. The maximum atomic E-state index is 14.1. The molecule has 0 saturated heterocycles. The van der Waals surface area contributed by atoms with Crippen molar-refractivity contribution < 1.29 is 12.6 Å². The molecule has 1 aromatic heterocycles. The lowest BCUT2D eigenvalue weighted by molar-refractivity contribution is 0.597. The smallest absolute Gasteiger partial charge is 0.247 e. The zero-order valence-corrected chi connectivity index (χ0v) is 20.2. The fraction of sp³-hybridized carbons (Fsp3) is 0.0909. The molecular formula is C22H19BrN4O3S2. The Kier molecular flexibility index (Phi) is 6.27. The van der Waals surface area contributed by atoms with E-state index >= 15 is 0 Å². The summed E-state index contributed by atoms with van der Waals surface area (Å²) in [5, 5.41) is 8.08. The van der Waals surface area contributed by atoms with Crippen LogP contribution in [-0.4, -0.2) is 27.6 Å². The number of aromatic nitrogens is 3. The first kappa shape index (κ1) is 22.4. The Hall–Kier alpha value is -2.82. The van der Waals surface area contributed by atoms with Gasteiger partial charge >= 0.3 is 0 Å². The van der Waals surface area contributed by atoms with Crippen LogP contribution in [0.4, 0.5) is 0 Å². The lowest BCUT2D eigenvalue weighted by atomic mass is 10.2. The second kappa shape index (κ2) is 8.97. The zero-order valence-electron chi connectivity index (χ0n) is 17.0. The molecule has 0 radical (unpaired) electrons. The van der Waals surface area contributed by atoms with Crippen molar-refractivity contribution in [2.24, 2.45) is 3.77 Å². The van der Waals surface area contributed by atoms with Gasteiger partial charge in [0.2, 0.25) is 0 Å². The second-order valence-corrected chi connectivity index (χ2v) is 12.0. The molecule has 0 fully saturated rings. The summed E-state index contributed by atoms with van der Waals surface area (Å²) in [5.74, 6) is 0. The van der Waals surface area contributed by atoms with Gasteiger partial charge in [0.1, 0.15) is 9.73 Å². The van der Waals surface area contributed by atoms with Gasteiger partial charge in [-0.2, -0.15) is 8.42 Å². The Labute approximate surface area is 195 Å². The van der Waals surface area contributed by atoms with E-state index in [2.05, 4.69) is 30.0 Å². The van der Waals surface area contributed by atoms with Crippen molar-refractivity contribution in [3.05, 3.63) is 101 Å². The molecule has 0 saturated carbocycles. The highest BCUT2D eigenvalue weighted by atomic mass is 79.9. The van der Waals surface area contributed by atoms with E-state index in [1.165, 1.54) is 23.0 Å². The Bertz CT molecular complexity index is 1460. The van der Waals surface area contributed by atoms with E-state index in [0.717, 1.165) is 15.6 Å². The van der Waals surface area contributed by atoms with Crippen molar-refractivity contribution >= 4 is 35.7 Å². The molecule has 0 aliphatic rings. The molecule has 4 aromatic rings. The van der Waals surface area contributed by atoms with Gasteiger partial charge in [-0.3, -0.25) is 0 Å². The van der Waals surface area contributed by atoms with Crippen LogP contribution < -0.4 is 0 Å². The first-order valence-corrected chi connectivity index (χ1v) is 13.3. The van der Waals surface area contributed by atoms with E-state index in [-0.39, 0.29) is 14.8 Å². The van der Waals surface area contributed by atoms with Crippen LogP contribution in [-0.2, 0) is 26.3 Å². The molecule has 32 heavy (non-hydrogen) atoms. The summed E-state index contributed by atoms with van der Waals surface area (Å²) in [4.78, 5) is 0.188. The summed E-state index contributed by atoms with van der Waals surface area (Å²) >= 11 is 3.34. The van der Waals surface area contributed by atoms with E-state index in [9.17, 15) is 12.6 Å². The van der Waals surface area contributed by atoms with Crippen molar-refractivity contribution in [1.29, 1.82) is 0 Å². The number of hydrogen-bond acceptors (Lipinski definition) is 5. The van der Waals surface area contributed by atoms with E-state index in [0.29, 0.717) is 6.54 Å². The van der Waals surface area contributed by atoms with Crippen molar-refractivity contribution in [3.63, 3.8) is 0 Å². The predicted molar refractivity (Wildman–Crippen MR) is 125 cm³/mol. The number of rotatable bonds is 6. The Morgan fingerprint density at radius 3 is 2.16 bits per heavy atom. The van der Waals surface area contributed by atoms with Gasteiger partial charge in [-0.05, 0) is 48.9 Å². The minimum absolute atomic E-state index is 0.0218. The summed E-state index contributed by atoms with van der Waals surface area (Å²) in [7, 11) is -7.86. The number of aryl methyl sites for hydroxylation is 1. The van der Waals surface area contributed by atoms with Gasteiger partial charge < -0.3 is 0 Å². The van der Waals surface area contributed by atoms with E-state index in [1.807, 2.05) is 37.3 Å². The van der Waals surface area contributed by atoms with Crippen molar-refractivity contribution in [2.75, 3.05) is 0 Å². The van der Waals surface area contributed by atoms with Crippen LogP contribution in [0.15, 0.2) is 108 Å². The maximum Gasteiger partial charge on any atom is 0.290 e. The molecule has 0 bridgehead atoms. The second-order valence-electron chi connectivity index (χ2n) is 7.08. The van der Waals surface area contributed by atoms with Crippen LogP contribution in [0, 0.1) is 6.92 Å². The topological polar surface area (TPSA) is 94.3 Å². The monoisotopic (exact) mass is 530 g/mol. The Morgan fingerprint density at radius 2 is 1.50 bits per heavy atom. The quantitative estimate of drug-likeness (QED) is 0.361. The highest BCUT2D eigenvalue weighted by Crippen LogP contribution is 2.27. The van der Waals surface area contributed by atoms with Gasteiger partial charge in [0.25, 0.3) is 10.0 Å². The first-order chi connectivity index (χ1) is 15.3. The summed E-state index contributed by atoms with van der Waals surface area (Å²) in [6.07, 6.45) is 1.48. The average Bonchev–Trinajstić information content (AvgIpc) is 3.24. The number of hydrogen-bond donors (Lipinski definition) is 0. The lowest BCUT2D eigenvalue weighted by Gasteiger charge is -2.08. The minimum Gasteiger partial charge on any atom is -0.247 e. The lowest BCUT2D eigenvalue weighted by Crippen LogP contribution is -2.08. The van der Waals surface area contributed by atoms with Crippen LogP contribution in [0.5, 0.6) is 0 Å². The Morgan fingerprint density at radius 1 is 0.875 bits per heavy atom. The van der Waals surface area contributed by atoms with Gasteiger partial charge in [-0.25, -0.2) is 8.89 Å². The maximum absolute atomic E-state index is 14.1. The number of halogens is 1. The molecule has 10 heteroatoms. The van der Waals surface area contributed by atoms with E-state index < -0.39 is 19.8 Å². The van der Waals surface area contributed by atoms with Crippen molar-refractivity contribution in [1.82, 2.24) is 15.0 Å². The number of benzene rings is 3. The largest absolute Gasteiger partial charge is 0.290 e. The summed E-state index contributed by atoms with van der Waals surface area (Å²) < 4.78 is 46.4. The van der Waals surface area contributed by atoms with Crippen LogP contribution in [0.1, 0.15) is 11.1 Å². The predicted octanol–water partition coefficient (Wildman–Crippen LogP) is 4.67. The van der Waals surface area contributed by atoms with Crippen molar-refractivity contribution in [3.8, 4) is 0 Å². The van der Waals surface area contributed by atoms with Crippen LogP contribution >= 0.6 is 15.9 Å². The first-order valence-electron chi connectivity index (χ1n) is 9.56. The number of sulfonamides is 1. The fourth-order valence-corrected chi connectivity index (χ4v) is 6.97. The summed E-state index contributed by atoms with van der Waals surface area (Å²) in [5.41, 5.74) is 1.88. The molecule has 0 aliphatic heterocycles. The molecular weight excluding hydrogens is 512 g/mol. The third-order valence-corrected chi connectivity index (χ3v) is 9.33. The SMILES string of the molecule is Cc1ccc(S(=O)(=O)N=S(=O)(c2ccc(Br)cc2)c2cn(Cc3ccccc3)nn2)cc1. The van der Waals surface area contributed by atoms with Crippen LogP contribution in [0.2, 0.25) is 0 Å². The van der Waals surface area contributed by atoms with Crippen molar-refractivity contribution in [2.45, 2.75) is 28.3 Å². The highest BCUT2D eigenvalue weighted by Gasteiger charge is 2.25. The van der Waals surface area contributed by atoms with E-state index in [4.69, 9.17) is 0 Å². The normalized spacial score (nSPS) is 13.4. The van der Waals surface area contributed by atoms with Crippen LogP contribution in [0.25, 0.3) is 0 Å². The molecule has 7 nitrogen and oxygen atoms in total. The third kappa shape index (κ3) is 4.82. The van der Waals surface area contributed by atoms with Gasteiger partial charge in [0, 0.05) is 4.47 Å². The fourth-order valence-electron chi connectivity index (χ4n) is 2.97. The van der Waals surface area contributed by atoms with Gasteiger partial charge in [-0.1, -0.05) is 72.9 Å². The van der Waals surface area contributed by atoms with Gasteiger partial charge in [0.05, 0.1) is 22.5 Å². The summed E-state index contributed by atoms with van der Waals surface area (Å²) in [6, 6.07) is 22.3. The average molecular weight is 531 g/mol. The third-order valence-electron chi connectivity index (χ3n) is 4.64. The number of nitrogens with zero attached hydrogens (tertiary/aromatic N) is 4. The summed E-state index contributed by atoms with van der Waals surface area (Å²) in [6.45, 7) is 2.25. The molecule has 0 amide bonds. The molecule has 1 unspecified atom stereocenters. The zero-order chi connectivity index (χ0) is 22.8. The highest BCUT2D eigenvalue weighted by molar-refractivity contribution is 9.10. The van der Waals surface area contributed by atoms with Gasteiger partial charge in [-0.15, -0.1) is 5.10 Å². The Balaban J connectivity index is 1.84. The molecule has 164 valence electrons. The molecule has 1 heterocycles. The molecule has 0 spiro atoms. The molecule has 4 rings (SSSR count). The molecule has 0 aliphatic carbocycles.